The van der Waals surface area contributed by atoms with Crippen molar-refractivity contribution >= 4 is 28.1 Å². The Morgan fingerprint density at radius 3 is 2.82 bits per heavy atom. The first-order valence-electron chi connectivity index (χ1n) is 11.4. The minimum atomic E-state index is -2.62. The van der Waals surface area contributed by atoms with Gasteiger partial charge in [-0.2, -0.15) is 0 Å². The molecule has 0 atom stereocenters. The van der Waals surface area contributed by atoms with E-state index in [0.717, 1.165) is 54.8 Å². The summed E-state index contributed by atoms with van der Waals surface area (Å²) in [6.07, 6.45) is 6.00. The van der Waals surface area contributed by atoms with Crippen molar-refractivity contribution in [2.24, 2.45) is 5.16 Å². The lowest BCUT2D eigenvalue weighted by molar-refractivity contribution is 0.158. The van der Waals surface area contributed by atoms with Gasteiger partial charge in [0.15, 0.2) is 0 Å². The highest BCUT2D eigenvalue weighted by molar-refractivity contribution is 7.69. The first-order chi connectivity index (χ1) is 16.1. The Bertz CT molecular complexity index is 1000. The number of nitrogen functional groups attached to an aromatic ring is 1. The number of nitrogens with one attached hydrogen (secondary N) is 1. The van der Waals surface area contributed by atoms with Crippen LogP contribution >= 0.6 is 0 Å². The molecule has 3 rings (SSSR count). The van der Waals surface area contributed by atoms with E-state index in [4.69, 9.17) is 15.3 Å². The van der Waals surface area contributed by atoms with Crippen LogP contribution < -0.4 is 15.8 Å². The average Bonchev–Trinajstić information content (AvgIpc) is 3.20. The molecule has 0 unspecified atom stereocenters. The lowest BCUT2D eigenvalue weighted by Crippen LogP contribution is -2.29. The number of unbranched alkanes of at least 4 members (excludes halogenated alkanes) is 2. The molecule has 1 heterocycles. The maximum Gasteiger partial charge on any atom is 0.203 e. The van der Waals surface area contributed by atoms with Crippen LogP contribution in [0.4, 0.5) is 11.5 Å². The molecule has 0 bridgehead atoms. The fourth-order valence-corrected chi connectivity index (χ4v) is 4.27. The molecule has 1 aromatic heterocycles. The second-order valence-electron chi connectivity index (χ2n) is 7.77. The summed E-state index contributed by atoms with van der Waals surface area (Å²) >= 11 is 0. The van der Waals surface area contributed by atoms with Gasteiger partial charge in [0, 0.05) is 43.1 Å². The zero-order valence-corrected chi connectivity index (χ0v) is 19.9. The van der Waals surface area contributed by atoms with Crippen molar-refractivity contribution in [3.63, 3.8) is 0 Å². The summed E-state index contributed by atoms with van der Waals surface area (Å²) < 4.78 is 30.4. The number of benzene rings is 1. The summed E-state index contributed by atoms with van der Waals surface area (Å²) in [5, 5.41) is 7.36. The number of nitrogens with two attached hydrogens (primary N) is 1. The summed E-state index contributed by atoms with van der Waals surface area (Å²) in [4.78, 5) is 9.12. The third-order valence-electron chi connectivity index (χ3n) is 5.36. The number of hydrogen-bond donors (Lipinski definition) is 3. The van der Waals surface area contributed by atoms with E-state index in [2.05, 4.69) is 21.5 Å². The van der Waals surface area contributed by atoms with Crippen LogP contribution in [0.2, 0.25) is 0 Å². The number of thiol groups is 1. The van der Waals surface area contributed by atoms with Crippen molar-refractivity contribution in [1.29, 1.82) is 0 Å². The molecule has 10 heteroatoms. The van der Waals surface area contributed by atoms with Crippen molar-refractivity contribution in [3.8, 4) is 5.75 Å². The lowest BCUT2D eigenvalue weighted by Gasteiger charge is -2.16. The van der Waals surface area contributed by atoms with Gasteiger partial charge in [0.1, 0.15) is 18.2 Å². The minimum Gasteiger partial charge on any atom is -0.494 e. The van der Waals surface area contributed by atoms with Crippen LogP contribution in [-0.2, 0) is 22.1 Å². The van der Waals surface area contributed by atoms with Gasteiger partial charge >= 0.3 is 0 Å². The molecule has 2 aromatic rings. The summed E-state index contributed by atoms with van der Waals surface area (Å²) in [6, 6.07) is 9.62. The van der Waals surface area contributed by atoms with Gasteiger partial charge in [0.05, 0.1) is 12.3 Å². The largest absolute Gasteiger partial charge is 0.494 e. The normalized spacial score (nSPS) is 14.1. The van der Waals surface area contributed by atoms with Gasteiger partial charge in [0.25, 0.3) is 0 Å². The third kappa shape index (κ3) is 7.90. The highest BCUT2D eigenvalue weighted by Crippen LogP contribution is 2.27. The van der Waals surface area contributed by atoms with Crippen molar-refractivity contribution in [2.75, 3.05) is 43.9 Å². The number of fused-ring (bicyclic) bond motifs is 1. The van der Waals surface area contributed by atoms with E-state index in [-0.39, 0.29) is 0 Å². The van der Waals surface area contributed by atoms with Crippen molar-refractivity contribution in [3.05, 3.63) is 47.7 Å². The van der Waals surface area contributed by atoms with E-state index in [0.29, 0.717) is 38.7 Å². The molecule has 1 aliphatic carbocycles. The first-order valence-corrected chi connectivity index (χ1v) is 12.5. The predicted octanol–water partition coefficient (Wildman–Crippen LogP) is 2.84. The molecular weight excluding hydrogens is 442 g/mol. The zero-order valence-electron chi connectivity index (χ0n) is 19.0. The molecule has 0 saturated carbocycles. The van der Waals surface area contributed by atoms with Gasteiger partial charge in [-0.05, 0) is 68.9 Å². The molecule has 0 aliphatic heterocycles. The molecule has 0 fully saturated rings. The van der Waals surface area contributed by atoms with Crippen LogP contribution in [0.1, 0.15) is 43.7 Å². The molecule has 0 amide bonds. The second kappa shape index (κ2) is 13.0. The Labute approximate surface area is 197 Å². The molecular formula is C23H33N5O4S. The SMILES string of the molecule is CCO/N=C1\CCc2cc(OCCCCCN(CCNc3ccnc(N)c3)[SH](=O)=O)ccc21. The van der Waals surface area contributed by atoms with Crippen LogP contribution in [0, 0.1) is 0 Å². The minimum absolute atomic E-state index is 0.404. The van der Waals surface area contributed by atoms with Crippen LogP contribution in [-0.4, -0.2) is 56.3 Å². The molecule has 9 nitrogen and oxygen atoms in total. The fraction of sp³-hybridized carbons (Fsp3) is 0.478. The van der Waals surface area contributed by atoms with E-state index in [1.54, 1.807) is 18.3 Å². The second-order valence-corrected chi connectivity index (χ2v) is 8.81. The molecule has 3 N–H and O–H groups in total. The maximum atomic E-state index is 11.5. The number of anilines is 2. The van der Waals surface area contributed by atoms with Gasteiger partial charge in [-0.15, -0.1) is 0 Å². The number of aromatic nitrogens is 1. The van der Waals surface area contributed by atoms with Crippen molar-refractivity contribution < 1.29 is 18.0 Å². The fourth-order valence-electron chi connectivity index (χ4n) is 3.70. The van der Waals surface area contributed by atoms with Gasteiger partial charge in [-0.1, -0.05) is 5.16 Å². The Kier molecular flexibility index (Phi) is 9.77. The van der Waals surface area contributed by atoms with Crippen LogP contribution in [0.5, 0.6) is 5.75 Å². The lowest BCUT2D eigenvalue weighted by atomic mass is 10.1. The molecule has 1 aliphatic rings. The van der Waals surface area contributed by atoms with Gasteiger partial charge in [-0.3, -0.25) is 0 Å². The number of aryl methyl sites for hydroxylation is 1. The zero-order chi connectivity index (χ0) is 23.5. The van der Waals surface area contributed by atoms with E-state index in [9.17, 15) is 8.42 Å². The van der Waals surface area contributed by atoms with Gasteiger partial charge < -0.3 is 20.6 Å². The Morgan fingerprint density at radius 2 is 2.03 bits per heavy atom. The topological polar surface area (TPSA) is 119 Å². The summed E-state index contributed by atoms with van der Waals surface area (Å²) in [5.41, 5.74) is 9.86. The van der Waals surface area contributed by atoms with Crippen LogP contribution in [0.15, 0.2) is 41.7 Å². The highest BCUT2D eigenvalue weighted by atomic mass is 32.2. The third-order valence-corrected chi connectivity index (χ3v) is 6.22. The monoisotopic (exact) mass is 475 g/mol. The average molecular weight is 476 g/mol. The molecule has 33 heavy (non-hydrogen) atoms. The van der Waals surface area contributed by atoms with Crippen LogP contribution in [0.25, 0.3) is 0 Å². The van der Waals surface area contributed by atoms with E-state index in [1.165, 1.54) is 9.87 Å². The smallest absolute Gasteiger partial charge is 0.203 e. The Morgan fingerprint density at radius 1 is 1.15 bits per heavy atom. The van der Waals surface area contributed by atoms with Crippen molar-refractivity contribution in [2.45, 2.75) is 39.0 Å². The molecule has 1 aromatic carbocycles. The summed E-state index contributed by atoms with van der Waals surface area (Å²) in [7, 11) is -2.62. The number of nitrogens with zero attached hydrogens (tertiary/aromatic N) is 3. The first kappa shape index (κ1) is 24.8. The molecule has 0 spiro atoms. The Balaban J connectivity index is 1.33. The number of rotatable bonds is 14. The van der Waals surface area contributed by atoms with Gasteiger partial charge in [-0.25, -0.2) is 17.7 Å². The number of oxime groups is 1. The molecule has 180 valence electrons. The maximum absolute atomic E-state index is 11.5. The number of hydrogen-bond acceptors (Lipinski definition) is 8. The van der Waals surface area contributed by atoms with Gasteiger partial charge in [0.2, 0.25) is 10.9 Å². The number of pyridine rings is 1. The molecule has 0 saturated heterocycles. The van der Waals surface area contributed by atoms with E-state index in [1.807, 2.05) is 19.1 Å². The predicted molar refractivity (Wildman–Crippen MR) is 131 cm³/mol. The summed E-state index contributed by atoms with van der Waals surface area (Å²) in [5.74, 6) is 1.28. The Hall–Kier alpha value is -2.85. The van der Waals surface area contributed by atoms with E-state index < -0.39 is 10.9 Å². The highest BCUT2D eigenvalue weighted by Gasteiger charge is 2.19. The van der Waals surface area contributed by atoms with E-state index >= 15 is 0 Å². The quantitative estimate of drug-likeness (QED) is 0.218. The van der Waals surface area contributed by atoms with Crippen LogP contribution in [0.3, 0.4) is 0 Å². The standard InChI is InChI=1S/C23H33N5O4S/c1-2-32-27-22-9-6-18-16-20(7-8-21(18)22)31-15-5-3-4-13-28(33(29)30)14-12-25-19-10-11-26-23(24)17-19/h7-8,10-11,16-17,33H,2-6,9,12-15H2,1H3,(H3,24,25,26)/b27-22+. The molecule has 0 radical (unpaired) electrons. The number of ether oxygens (including phenoxy) is 1. The van der Waals surface area contributed by atoms with Crippen molar-refractivity contribution in [1.82, 2.24) is 9.29 Å². The summed E-state index contributed by atoms with van der Waals surface area (Å²) in [6.45, 7) is 4.51.